The molecule has 0 aromatic carbocycles. The number of amides is 1. The molecule has 0 fully saturated rings. The topological polar surface area (TPSA) is 106 Å². The third-order valence-corrected chi connectivity index (χ3v) is 1.74. The summed E-state index contributed by atoms with van der Waals surface area (Å²) in [4.78, 5) is 16.5. The van der Waals surface area contributed by atoms with Crippen LogP contribution in [0.4, 0.5) is 5.95 Å². The number of aromatic nitrogens is 5. The van der Waals surface area contributed by atoms with Crippen LogP contribution in [0.15, 0.2) is 18.3 Å². The van der Waals surface area contributed by atoms with E-state index in [4.69, 9.17) is 0 Å². The van der Waals surface area contributed by atoms with Crippen LogP contribution in [-0.4, -0.2) is 36.2 Å². The molecule has 0 atom stereocenters. The van der Waals surface area contributed by atoms with Crippen LogP contribution in [-0.2, 0) is 7.05 Å². The molecule has 2 aromatic rings. The molecular formula is C8H8N6O2. The molecule has 0 unspecified atom stereocenters. The van der Waals surface area contributed by atoms with Gasteiger partial charge in [0.1, 0.15) is 5.75 Å². The van der Waals surface area contributed by atoms with Crippen molar-refractivity contribution in [3.8, 4) is 5.75 Å². The Morgan fingerprint density at radius 1 is 1.56 bits per heavy atom. The van der Waals surface area contributed by atoms with Crippen LogP contribution < -0.4 is 5.32 Å². The van der Waals surface area contributed by atoms with E-state index in [9.17, 15) is 9.90 Å². The van der Waals surface area contributed by atoms with Gasteiger partial charge in [0.2, 0.25) is 0 Å². The van der Waals surface area contributed by atoms with Gasteiger partial charge >= 0.3 is 0 Å². The highest BCUT2D eigenvalue weighted by atomic mass is 16.3. The number of hydrogen-bond acceptors (Lipinski definition) is 6. The van der Waals surface area contributed by atoms with Crippen molar-refractivity contribution in [3.63, 3.8) is 0 Å². The van der Waals surface area contributed by atoms with E-state index in [-0.39, 0.29) is 17.4 Å². The average Bonchev–Trinajstić information content (AvgIpc) is 2.64. The first-order valence-corrected chi connectivity index (χ1v) is 4.36. The van der Waals surface area contributed by atoms with Crippen molar-refractivity contribution in [2.75, 3.05) is 5.32 Å². The lowest BCUT2D eigenvalue weighted by Crippen LogP contribution is -2.14. The minimum Gasteiger partial charge on any atom is -0.505 e. The first-order chi connectivity index (χ1) is 7.66. The van der Waals surface area contributed by atoms with E-state index in [0.717, 1.165) is 0 Å². The number of carbonyl (C=O) groups excluding carboxylic acids is 1. The van der Waals surface area contributed by atoms with E-state index in [0.29, 0.717) is 0 Å². The quantitative estimate of drug-likeness (QED) is 0.710. The number of pyridine rings is 1. The van der Waals surface area contributed by atoms with Crippen LogP contribution in [0, 0.1) is 0 Å². The molecule has 2 heterocycles. The SMILES string of the molecule is Cn1nnc(NC(=O)c2ncccc2O)n1. The van der Waals surface area contributed by atoms with Gasteiger partial charge in [0.05, 0.1) is 7.05 Å². The van der Waals surface area contributed by atoms with E-state index in [1.807, 2.05) is 0 Å². The summed E-state index contributed by atoms with van der Waals surface area (Å²) in [6, 6.07) is 2.89. The zero-order valence-electron chi connectivity index (χ0n) is 8.32. The molecule has 82 valence electrons. The number of tetrazole rings is 1. The third kappa shape index (κ3) is 1.95. The van der Waals surface area contributed by atoms with Crippen molar-refractivity contribution in [2.24, 2.45) is 7.05 Å². The van der Waals surface area contributed by atoms with Gasteiger partial charge < -0.3 is 5.11 Å². The molecule has 1 amide bonds. The van der Waals surface area contributed by atoms with Gasteiger partial charge in [-0.15, -0.1) is 5.10 Å². The van der Waals surface area contributed by atoms with Gasteiger partial charge in [-0.25, -0.2) is 4.98 Å². The number of aromatic hydroxyl groups is 1. The highest BCUT2D eigenvalue weighted by Gasteiger charge is 2.14. The number of hydrogen-bond donors (Lipinski definition) is 2. The summed E-state index contributed by atoms with van der Waals surface area (Å²) in [5.74, 6) is -0.743. The molecule has 2 rings (SSSR count). The monoisotopic (exact) mass is 220 g/mol. The zero-order valence-corrected chi connectivity index (χ0v) is 8.32. The standard InChI is InChI=1S/C8H8N6O2/c1-14-12-8(11-13-14)10-7(16)6-5(15)3-2-4-9-6/h2-4,15H,1H3,(H,10,12,16). The lowest BCUT2D eigenvalue weighted by Gasteiger charge is -2.01. The molecule has 8 nitrogen and oxygen atoms in total. The highest BCUT2D eigenvalue weighted by molar-refractivity contribution is 6.03. The molecule has 2 N–H and O–H groups in total. The number of aryl methyl sites for hydroxylation is 1. The van der Waals surface area contributed by atoms with E-state index in [1.54, 1.807) is 7.05 Å². The Morgan fingerprint density at radius 3 is 3.00 bits per heavy atom. The van der Waals surface area contributed by atoms with Gasteiger partial charge in [-0.1, -0.05) is 5.10 Å². The minimum absolute atomic E-state index is 0.0533. The highest BCUT2D eigenvalue weighted by Crippen LogP contribution is 2.13. The molecule has 16 heavy (non-hydrogen) atoms. The molecule has 0 radical (unpaired) electrons. The van der Waals surface area contributed by atoms with Gasteiger partial charge in [-0.3, -0.25) is 10.1 Å². The molecule has 0 saturated heterocycles. The number of rotatable bonds is 2. The molecule has 0 saturated carbocycles. The lowest BCUT2D eigenvalue weighted by atomic mass is 10.3. The van der Waals surface area contributed by atoms with Crippen molar-refractivity contribution >= 4 is 11.9 Å². The summed E-state index contributed by atoms with van der Waals surface area (Å²) in [6.07, 6.45) is 1.40. The van der Waals surface area contributed by atoms with Crippen molar-refractivity contribution < 1.29 is 9.90 Å². The summed E-state index contributed by atoms with van der Waals surface area (Å²) in [5, 5.41) is 22.6. The predicted molar refractivity (Wildman–Crippen MR) is 52.7 cm³/mol. The fourth-order valence-electron chi connectivity index (χ4n) is 1.07. The molecule has 0 spiro atoms. The van der Waals surface area contributed by atoms with Gasteiger partial charge in [0, 0.05) is 6.20 Å². The largest absolute Gasteiger partial charge is 0.505 e. The van der Waals surface area contributed by atoms with Crippen LogP contribution in [0.25, 0.3) is 0 Å². The average molecular weight is 220 g/mol. The van der Waals surface area contributed by atoms with Crippen LogP contribution in [0.3, 0.4) is 0 Å². The first-order valence-electron chi connectivity index (χ1n) is 4.36. The molecule has 0 aliphatic rings. The van der Waals surface area contributed by atoms with Crippen LogP contribution in [0.2, 0.25) is 0 Å². The van der Waals surface area contributed by atoms with Gasteiger partial charge in [0.15, 0.2) is 5.69 Å². The second-order valence-electron chi connectivity index (χ2n) is 2.93. The van der Waals surface area contributed by atoms with E-state index in [1.165, 1.54) is 23.1 Å². The summed E-state index contributed by atoms with van der Waals surface area (Å²) >= 11 is 0. The summed E-state index contributed by atoms with van der Waals surface area (Å²) in [7, 11) is 1.57. The first kappa shape index (κ1) is 10.0. The number of anilines is 1. The zero-order chi connectivity index (χ0) is 11.5. The van der Waals surface area contributed by atoms with Gasteiger partial charge in [-0.05, 0) is 17.3 Å². The Balaban J connectivity index is 2.18. The van der Waals surface area contributed by atoms with E-state index < -0.39 is 5.91 Å². The Labute approximate surface area is 89.9 Å². The molecule has 8 heteroatoms. The summed E-state index contributed by atoms with van der Waals surface area (Å²) in [5.41, 5.74) is -0.0880. The fraction of sp³-hybridized carbons (Fsp3) is 0.125. The Bertz CT molecular complexity index is 523. The number of nitrogens with one attached hydrogen (secondary N) is 1. The summed E-state index contributed by atoms with van der Waals surface area (Å²) < 4.78 is 0. The van der Waals surface area contributed by atoms with Crippen molar-refractivity contribution in [3.05, 3.63) is 24.0 Å². The van der Waals surface area contributed by atoms with Crippen LogP contribution in [0.1, 0.15) is 10.5 Å². The molecule has 2 aromatic heterocycles. The molecular weight excluding hydrogens is 212 g/mol. The minimum atomic E-state index is -0.592. The lowest BCUT2D eigenvalue weighted by molar-refractivity contribution is 0.101. The fourth-order valence-corrected chi connectivity index (χ4v) is 1.07. The van der Waals surface area contributed by atoms with Crippen molar-refractivity contribution in [2.45, 2.75) is 0 Å². The second-order valence-corrected chi connectivity index (χ2v) is 2.93. The van der Waals surface area contributed by atoms with Crippen LogP contribution >= 0.6 is 0 Å². The van der Waals surface area contributed by atoms with E-state index >= 15 is 0 Å². The van der Waals surface area contributed by atoms with Gasteiger partial charge in [-0.2, -0.15) is 4.80 Å². The second kappa shape index (κ2) is 3.93. The maximum Gasteiger partial charge on any atom is 0.280 e. The molecule has 0 aliphatic heterocycles. The Morgan fingerprint density at radius 2 is 2.38 bits per heavy atom. The van der Waals surface area contributed by atoms with Gasteiger partial charge in [0.25, 0.3) is 11.9 Å². The number of nitrogens with zero attached hydrogens (tertiary/aromatic N) is 5. The van der Waals surface area contributed by atoms with E-state index in [2.05, 4.69) is 25.7 Å². The Hall–Kier alpha value is -2.51. The maximum absolute atomic E-state index is 11.6. The molecule has 0 aliphatic carbocycles. The van der Waals surface area contributed by atoms with Crippen molar-refractivity contribution in [1.29, 1.82) is 0 Å². The predicted octanol–water partition coefficient (Wildman–Crippen LogP) is -0.437. The van der Waals surface area contributed by atoms with Crippen LogP contribution in [0.5, 0.6) is 5.75 Å². The maximum atomic E-state index is 11.6. The molecule has 0 bridgehead atoms. The normalized spacial score (nSPS) is 10.1. The third-order valence-electron chi connectivity index (χ3n) is 1.74. The smallest absolute Gasteiger partial charge is 0.280 e. The number of carbonyl (C=O) groups is 1. The van der Waals surface area contributed by atoms with Crippen molar-refractivity contribution in [1.82, 2.24) is 25.2 Å². The summed E-state index contributed by atoms with van der Waals surface area (Å²) in [6.45, 7) is 0. The Kier molecular flexibility index (Phi) is 2.46.